The molecule has 2 heterocycles. The van der Waals surface area contributed by atoms with Gasteiger partial charge in [0.2, 0.25) is 0 Å². The predicted molar refractivity (Wildman–Crippen MR) is 175 cm³/mol. The van der Waals surface area contributed by atoms with Crippen LogP contribution in [0, 0.1) is 0 Å². The van der Waals surface area contributed by atoms with Crippen LogP contribution in [-0.4, -0.2) is 0 Å². The standard InChI is InChI=1S/C40H24O2/c1-2-10-26(11-3-1)37-29-12-4-6-14-31(29)38(32-15-7-5-13-30(32)37)27-20-18-25(19-21-27)36-24-28-22-23-35-39(40(28)42-36)33-16-8-9-17-34(33)41-35/h1-24H. The highest BCUT2D eigenvalue weighted by molar-refractivity contribution is 6.21. The van der Waals surface area contributed by atoms with Gasteiger partial charge in [0.1, 0.15) is 22.5 Å². The van der Waals surface area contributed by atoms with Gasteiger partial charge < -0.3 is 8.83 Å². The molecular formula is C40H24O2. The second kappa shape index (κ2) is 8.95. The van der Waals surface area contributed by atoms with Crippen LogP contribution in [0.3, 0.4) is 0 Å². The lowest BCUT2D eigenvalue weighted by Gasteiger charge is -2.17. The Bertz CT molecular complexity index is 2380. The summed E-state index contributed by atoms with van der Waals surface area (Å²) >= 11 is 0. The Kier molecular flexibility index (Phi) is 4.93. The Hall–Kier alpha value is -5.60. The van der Waals surface area contributed by atoms with Crippen molar-refractivity contribution in [3.63, 3.8) is 0 Å². The molecule has 0 N–H and O–H groups in total. The Balaban J connectivity index is 1.22. The van der Waals surface area contributed by atoms with Crippen molar-refractivity contribution in [2.75, 3.05) is 0 Å². The van der Waals surface area contributed by atoms with Crippen LogP contribution in [-0.2, 0) is 0 Å². The van der Waals surface area contributed by atoms with Gasteiger partial charge in [-0.1, -0.05) is 121 Å². The van der Waals surface area contributed by atoms with E-state index in [9.17, 15) is 0 Å². The third-order valence-electron chi connectivity index (χ3n) is 8.48. The molecule has 0 spiro atoms. The lowest BCUT2D eigenvalue weighted by atomic mass is 9.86. The Morgan fingerprint density at radius 1 is 0.357 bits per heavy atom. The molecule has 0 aliphatic rings. The lowest BCUT2D eigenvalue weighted by Crippen LogP contribution is -1.90. The molecule has 0 aliphatic heterocycles. The fraction of sp³-hybridized carbons (Fsp3) is 0. The molecule has 196 valence electrons. The van der Waals surface area contributed by atoms with Gasteiger partial charge in [0.25, 0.3) is 0 Å². The van der Waals surface area contributed by atoms with Crippen molar-refractivity contribution < 1.29 is 8.83 Å². The smallest absolute Gasteiger partial charge is 0.146 e. The predicted octanol–water partition coefficient (Wildman–Crippen LogP) is 11.6. The summed E-state index contributed by atoms with van der Waals surface area (Å²) in [6.07, 6.45) is 0. The third kappa shape index (κ3) is 3.39. The van der Waals surface area contributed by atoms with E-state index >= 15 is 0 Å². The van der Waals surface area contributed by atoms with Gasteiger partial charge in [-0.3, -0.25) is 0 Å². The molecule has 0 unspecified atom stereocenters. The number of hydrogen-bond acceptors (Lipinski definition) is 2. The summed E-state index contributed by atoms with van der Waals surface area (Å²) in [5.74, 6) is 0.850. The van der Waals surface area contributed by atoms with Crippen LogP contribution < -0.4 is 0 Å². The first-order valence-electron chi connectivity index (χ1n) is 14.3. The van der Waals surface area contributed by atoms with Crippen LogP contribution in [0.25, 0.3) is 88.0 Å². The van der Waals surface area contributed by atoms with Crippen molar-refractivity contribution in [3.05, 3.63) is 146 Å². The second-order valence-electron chi connectivity index (χ2n) is 10.9. The van der Waals surface area contributed by atoms with E-state index in [1.54, 1.807) is 0 Å². The minimum absolute atomic E-state index is 0.845. The van der Waals surface area contributed by atoms with Crippen molar-refractivity contribution in [1.82, 2.24) is 0 Å². The minimum atomic E-state index is 0.845. The van der Waals surface area contributed by atoms with Gasteiger partial charge in [-0.05, 0) is 68.1 Å². The molecule has 2 aromatic heterocycles. The summed E-state index contributed by atoms with van der Waals surface area (Å²) in [6, 6.07) is 51.4. The van der Waals surface area contributed by atoms with Crippen LogP contribution in [0.2, 0.25) is 0 Å². The molecule has 7 aromatic carbocycles. The molecule has 0 saturated heterocycles. The Labute approximate surface area is 242 Å². The average Bonchev–Trinajstić information content (AvgIpc) is 3.66. The number of furan rings is 2. The van der Waals surface area contributed by atoms with Gasteiger partial charge in [0, 0.05) is 16.3 Å². The first-order valence-corrected chi connectivity index (χ1v) is 14.3. The molecule has 9 rings (SSSR count). The number of benzene rings is 7. The van der Waals surface area contributed by atoms with Gasteiger partial charge in [0.15, 0.2) is 0 Å². The SMILES string of the molecule is c1ccc(-c2c3ccccc3c(-c3ccc(-c4cc5ccc6oc7ccccc7c6c5o4)cc3)c3ccccc23)cc1. The molecule has 2 nitrogen and oxygen atoms in total. The molecule has 0 aliphatic carbocycles. The normalized spacial score (nSPS) is 11.8. The molecule has 0 amide bonds. The number of hydrogen-bond donors (Lipinski definition) is 0. The molecule has 0 saturated carbocycles. The minimum Gasteiger partial charge on any atom is -0.456 e. The maximum Gasteiger partial charge on any atom is 0.146 e. The van der Waals surface area contributed by atoms with Gasteiger partial charge in [0.05, 0.1) is 5.39 Å². The molecule has 0 atom stereocenters. The van der Waals surface area contributed by atoms with Crippen LogP contribution in [0.5, 0.6) is 0 Å². The van der Waals surface area contributed by atoms with E-state index < -0.39 is 0 Å². The molecule has 0 bridgehead atoms. The maximum atomic E-state index is 6.52. The first-order chi connectivity index (χ1) is 20.8. The summed E-state index contributed by atoms with van der Waals surface area (Å²) < 4.78 is 12.6. The van der Waals surface area contributed by atoms with Crippen molar-refractivity contribution in [2.24, 2.45) is 0 Å². The van der Waals surface area contributed by atoms with Crippen LogP contribution in [0.1, 0.15) is 0 Å². The van der Waals surface area contributed by atoms with Crippen LogP contribution in [0.15, 0.2) is 154 Å². The van der Waals surface area contributed by atoms with Gasteiger partial charge in [-0.15, -0.1) is 0 Å². The van der Waals surface area contributed by atoms with Crippen molar-refractivity contribution in [1.29, 1.82) is 0 Å². The maximum absolute atomic E-state index is 6.52. The van der Waals surface area contributed by atoms with Crippen molar-refractivity contribution in [2.45, 2.75) is 0 Å². The lowest BCUT2D eigenvalue weighted by molar-refractivity contribution is 0.633. The highest BCUT2D eigenvalue weighted by Crippen LogP contribution is 2.44. The van der Waals surface area contributed by atoms with E-state index in [4.69, 9.17) is 8.83 Å². The fourth-order valence-corrected chi connectivity index (χ4v) is 6.60. The zero-order valence-electron chi connectivity index (χ0n) is 22.7. The van der Waals surface area contributed by atoms with Gasteiger partial charge in [-0.2, -0.15) is 0 Å². The third-order valence-corrected chi connectivity index (χ3v) is 8.48. The number of rotatable bonds is 3. The number of fused-ring (bicyclic) bond motifs is 7. The van der Waals surface area contributed by atoms with E-state index in [1.807, 2.05) is 24.3 Å². The molecule has 42 heavy (non-hydrogen) atoms. The van der Waals surface area contributed by atoms with Crippen LogP contribution in [0.4, 0.5) is 0 Å². The van der Waals surface area contributed by atoms with E-state index in [-0.39, 0.29) is 0 Å². The molecule has 0 radical (unpaired) electrons. The molecular weight excluding hydrogens is 512 g/mol. The van der Waals surface area contributed by atoms with Gasteiger partial charge >= 0.3 is 0 Å². The fourth-order valence-electron chi connectivity index (χ4n) is 6.60. The Morgan fingerprint density at radius 2 is 0.881 bits per heavy atom. The summed E-state index contributed by atoms with van der Waals surface area (Å²) in [4.78, 5) is 0. The zero-order chi connectivity index (χ0) is 27.6. The van der Waals surface area contributed by atoms with E-state index in [0.29, 0.717) is 0 Å². The monoisotopic (exact) mass is 536 g/mol. The first kappa shape index (κ1) is 23.1. The van der Waals surface area contributed by atoms with Gasteiger partial charge in [-0.25, -0.2) is 0 Å². The average molecular weight is 537 g/mol. The summed E-state index contributed by atoms with van der Waals surface area (Å²) in [5, 5.41) is 8.20. The quantitative estimate of drug-likeness (QED) is 0.210. The van der Waals surface area contributed by atoms with E-state index in [0.717, 1.165) is 44.2 Å². The highest BCUT2D eigenvalue weighted by atomic mass is 16.3. The van der Waals surface area contributed by atoms with E-state index in [1.165, 1.54) is 43.8 Å². The molecule has 9 aromatic rings. The highest BCUT2D eigenvalue weighted by Gasteiger charge is 2.18. The van der Waals surface area contributed by atoms with Crippen LogP contribution >= 0.6 is 0 Å². The summed E-state index contributed by atoms with van der Waals surface area (Å²) in [7, 11) is 0. The summed E-state index contributed by atoms with van der Waals surface area (Å²) in [6.45, 7) is 0. The van der Waals surface area contributed by atoms with Crippen molar-refractivity contribution in [3.8, 4) is 33.6 Å². The Morgan fingerprint density at radius 3 is 1.52 bits per heavy atom. The molecule has 2 heteroatoms. The summed E-state index contributed by atoms with van der Waals surface area (Å²) in [5.41, 5.74) is 8.58. The molecule has 0 fully saturated rings. The van der Waals surface area contributed by atoms with E-state index in [2.05, 4.69) is 121 Å². The largest absolute Gasteiger partial charge is 0.456 e. The number of para-hydroxylation sites is 1. The zero-order valence-corrected chi connectivity index (χ0v) is 22.7. The topological polar surface area (TPSA) is 26.3 Å². The van der Waals surface area contributed by atoms with Crippen molar-refractivity contribution >= 4 is 54.5 Å². The second-order valence-corrected chi connectivity index (χ2v) is 10.9.